The van der Waals surface area contributed by atoms with Crippen molar-refractivity contribution in [1.29, 1.82) is 0 Å². The molecule has 0 saturated carbocycles. The van der Waals surface area contributed by atoms with Gasteiger partial charge in [0.15, 0.2) is 0 Å². The fourth-order valence-corrected chi connectivity index (χ4v) is 3.70. The van der Waals surface area contributed by atoms with E-state index in [0.29, 0.717) is 18.6 Å². The van der Waals surface area contributed by atoms with E-state index < -0.39 is 58.4 Å². The van der Waals surface area contributed by atoms with Gasteiger partial charge in [-0.3, -0.25) is 9.69 Å². The highest BCUT2D eigenvalue weighted by Gasteiger charge is 2.44. The van der Waals surface area contributed by atoms with Gasteiger partial charge in [0, 0.05) is 18.5 Å². The van der Waals surface area contributed by atoms with E-state index in [2.05, 4.69) is 5.32 Å². The maximum Gasteiger partial charge on any atom is 0.410 e. The Morgan fingerprint density at radius 1 is 1.09 bits per heavy atom. The number of benzene rings is 2. The molecule has 9 heteroatoms. The fourth-order valence-electron chi connectivity index (χ4n) is 3.70. The van der Waals surface area contributed by atoms with E-state index in [1.807, 2.05) is 18.2 Å². The Kier molecular flexibility index (Phi) is 6.47. The van der Waals surface area contributed by atoms with Crippen LogP contribution in [0.1, 0.15) is 49.0 Å². The number of aromatic carboxylic acids is 1. The molecule has 0 bridgehead atoms. The summed E-state index contributed by atoms with van der Waals surface area (Å²) in [4.78, 5) is 38.2. The summed E-state index contributed by atoms with van der Waals surface area (Å²) in [5.41, 5.74) is -1.34. The van der Waals surface area contributed by atoms with Crippen LogP contribution in [0, 0.1) is 11.6 Å². The highest BCUT2D eigenvalue weighted by Crippen LogP contribution is 2.35. The molecule has 1 saturated heterocycles. The van der Waals surface area contributed by atoms with E-state index in [4.69, 9.17) is 9.84 Å². The van der Waals surface area contributed by atoms with E-state index in [1.54, 1.807) is 32.9 Å². The third-order valence-corrected chi connectivity index (χ3v) is 5.07. The topological polar surface area (TPSA) is 95.9 Å². The van der Waals surface area contributed by atoms with Gasteiger partial charge >= 0.3 is 12.1 Å². The molecule has 2 aromatic carbocycles. The Hall–Kier alpha value is -3.49. The zero-order valence-electron chi connectivity index (χ0n) is 17.9. The van der Waals surface area contributed by atoms with Crippen molar-refractivity contribution in [1.82, 2.24) is 4.90 Å². The van der Waals surface area contributed by atoms with E-state index in [-0.39, 0.29) is 6.54 Å². The van der Waals surface area contributed by atoms with Crippen LogP contribution in [0.15, 0.2) is 42.5 Å². The number of carboxylic acid groups (broad SMARTS) is 1. The van der Waals surface area contributed by atoms with Crippen LogP contribution in [-0.2, 0) is 9.53 Å². The Balaban J connectivity index is 1.93. The normalized spacial score (nSPS) is 18.3. The first-order chi connectivity index (χ1) is 15.0. The summed E-state index contributed by atoms with van der Waals surface area (Å²) in [6.45, 7) is 5.34. The van der Waals surface area contributed by atoms with Crippen molar-refractivity contribution < 1.29 is 33.0 Å². The lowest BCUT2D eigenvalue weighted by Gasteiger charge is -2.30. The molecular formula is C23H24F2N2O5. The van der Waals surface area contributed by atoms with Crippen molar-refractivity contribution in [3.8, 4) is 0 Å². The lowest BCUT2D eigenvalue weighted by Crippen LogP contribution is -2.47. The summed E-state index contributed by atoms with van der Waals surface area (Å²) in [5.74, 6) is -5.05. The van der Waals surface area contributed by atoms with Crippen LogP contribution in [0.4, 0.5) is 19.3 Å². The molecule has 0 radical (unpaired) electrons. The number of carbonyl (C=O) groups is 3. The average Bonchev–Trinajstić information content (AvgIpc) is 3.15. The van der Waals surface area contributed by atoms with Gasteiger partial charge in [-0.05, 0) is 38.8 Å². The molecule has 1 aliphatic heterocycles. The van der Waals surface area contributed by atoms with Gasteiger partial charge in [-0.2, -0.15) is 0 Å². The van der Waals surface area contributed by atoms with E-state index >= 15 is 0 Å². The molecule has 7 nitrogen and oxygen atoms in total. The van der Waals surface area contributed by atoms with Gasteiger partial charge in [-0.1, -0.05) is 30.3 Å². The van der Waals surface area contributed by atoms with Gasteiger partial charge < -0.3 is 15.2 Å². The number of anilines is 1. The van der Waals surface area contributed by atoms with Crippen molar-refractivity contribution in [3.63, 3.8) is 0 Å². The molecule has 1 fully saturated rings. The Bertz CT molecular complexity index is 1040. The largest absolute Gasteiger partial charge is 0.478 e. The number of rotatable bonds is 4. The van der Waals surface area contributed by atoms with Crippen LogP contribution in [0.2, 0.25) is 0 Å². The summed E-state index contributed by atoms with van der Waals surface area (Å²) in [6, 6.07) is 9.16. The molecule has 0 aromatic heterocycles. The molecule has 0 aliphatic carbocycles. The summed E-state index contributed by atoms with van der Waals surface area (Å²) < 4.78 is 33.9. The zero-order valence-corrected chi connectivity index (χ0v) is 17.9. The number of likely N-dealkylation sites (tertiary alicyclic amines) is 1. The second kappa shape index (κ2) is 8.94. The number of hydrogen-bond donors (Lipinski definition) is 2. The molecule has 2 aromatic rings. The molecule has 32 heavy (non-hydrogen) atoms. The lowest BCUT2D eigenvalue weighted by atomic mass is 9.91. The lowest BCUT2D eigenvalue weighted by molar-refractivity contribution is -0.120. The minimum atomic E-state index is -1.63. The highest BCUT2D eigenvalue weighted by atomic mass is 19.1. The molecule has 3 rings (SSSR count). The number of carboxylic acids is 1. The zero-order chi connectivity index (χ0) is 23.6. The number of halogens is 2. The maximum atomic E-state index is 14.4. The standard InChI is InChI=1S/C23H24F2N2O5/c1-23(2,3)32-22(31)27-10-9-14(13-7-5-4-6-8-13)19(27)20(28)26-18-12-16(24)15(21(29)30)11-17(18)25/h4-8,11-12,14,19H,9-10H2,1-3H3,(H,26,28)(H,29,30)/t14-,19+/m1/s1. The van der Waals surface area contributed by atoms with Crippen LogP contribution >= 0.6 is 0 Å². The number of nitrogens with one attached hydrogen (secondary N) is 1. The van der Waals surface area contributed by atoms with Gasteiger partial charge in [-0.25, -0.2) is 18.4 Å². The Labute approximate surface area is 184 Å². The molecule has 0 unspecified atom stereocenters. The predicted octanol–water partition coefficient (Wildman–Crippen LogP) is 4.39. The van der Waals surface area contributed by atoms with Crippen molar-refractivity contribution >= 4 is 23.7 Å². The molecule has 2 amide bonds. The van der Waals surface area contributed by atoms with Crippen molar-refractivity contribution in [2.45, 2.75) is 44.8 Å². The summed E-state index contributed by atoms with van der Waals surface area (Å²) in [5, 5.41) is 11.2. The van der Waals surface area contributed by atoms with Crippen LogP contribution < -0.4 is 5.32 Å². The summed E-state index contributed by atoms with van der Waals surface area (Å²) in [6.07, 6.45) is -0.222. The quantitative estimate of drug-likeness (QED) is 0.726. The summed E-state index contributed by atoms with van der Waals surface area (Å²) in [7, 11) is 0. The second-order valence-corrected chi connectivity index (χ2v) is 8.53. The third-order valence-electron chi connectivity index (χ3n) is 5.07. The third kappa shape index (κ3) is 5.04. The van der Waals surface area contributed by atoms with Crippen LogP contribution in [0.25, 0.3) is 0 Å². The first kappa shape index (κ1) is 23.2. The molecular weight excluding hydrogens is 422 g/mol. The number of amides is 2. The monoisotopic (exact) mass is 446 g/mol. The number of nitrogens with zero attached hydrogens (tertiary/aromatic N) is 1. The smallest absolute Gasteiger partial charge is 0.410 e. The predicted molar refractivity (Wildman–Crippen MR) is 112 cm³/mol. The van der Waals surface area contributed by atoms with Gasteiger partial charge in [0.2, 0.25) is 5.91 Å². The molecule has 2 N–H and O–H groups in total. The first-order valence-electron chi connectivity index (χ1n) is 10.1. The first-order valence-corrected chi connectivity index (χ1v) is 10.1. The molecule has 2 atom stereocenters. The van der Waals surface area contributed by atoms with E-state index in [9.17, 15) is 23.2 Å². The Morgan fingerprint density at radius 2 is 1.75 bits per heavy atom. The van der Waals surface area contributed by atoms with Crippen molar-refractivity contribution in [2.24, 2.45) is 0 Å². The maximum absolute atomic E-state index is 14.4. The van der Waals surface area contributed by atoms with Crippen molar-refractivity contribution in [2.75, 3.05) is 11.9 Å². The van der Waals surface area contributed by atoms with Crippen LogP contribution in [0.3, 0.4) is 0 Å². The second-order valence-electron chi connectivity index (χ2n) is 8.53. The van der Waals surface area contributed by atoms with Gasteiger partial charge in [-0.15, -0.1) is 0 Å². The van der Waals surface area contributed by atoms with Gasteiger partial charge in [0.1, 0.15) is 23.3 Å². The molecule has 1 aliphatic rings. The van der Waals surface area contributed by atoms with Gasteiger partial charge in [0.25, 0.3) is 0 Å². The van der Waals surface area contributed by atoms with E-state index in [0.717, 1.165) is 5.56 Å². The van der Waals surface area contributed by atoms with Crippen LogP contribution in [-0.4, -0.2) is 46.2 Å². The number of carbonyl (C=O) groups excluding carboxylic acids is 2. The molecule has 1 heterocycles. The molecule has 170 valence electrons. The van der Waals surface area contributed by atoms with Crippen LogP contribution in [0.5, 0.6) is 0 Å². The van der Waals surface area contributed by atoms with E-state index in [1.165, 1.54) is 4.90 Å². The van der Waals surface area contributed by atoms with Gasteiger partial charge in [0.05, 0.1) is 11.3 Å². The Morgan fingerprint density at radius 3 is 2.34 bits per heavy atom. The fraction of sp³-hybridized carbons (Fsp3) is 0.348. The molecule has 0 spiro atoms. The average molecular weight is 446 g/mol. The SMILES string of the molecule is CC(C)(C)OC(=O)N1CC[C@H](c2ccccc2)[C@H]1C(=O)Nc1cc(F)c(C(=O)O)cc1F. The minimum Gasteiger partial charge on any atom is -0.478 e. The summed E-state index contributed by atoms with van der Waals surface area (Å²) >= 11 is 0. The minimum absolute atomic E-state index is 0.237. The number of hydrogen-bond acceptors (Lipinski definition) is 4. The van der Waals surface area contributed by atoms with Crippen molar-refractivity contribution in [3.05, 3.63) is 65.2 Å². The number of ether oxygens (including phenoxy) is 1. The highest BCUT2D eigenvalue weighted by molar-refractivity contribution is 5.98.